The van der Waals surface area contributed by atoms with Gasteiger partial charge in [0.25, 0.3) is 17.5 Å². The Morgan fingerprint density at radius 2 is 2.00 bits per heavy atom. The fourth-order valence-electron chi connectivity index (χ4n) is 2.06. The van der Waals surface area contributed by atoms with Crippen LogP contribution in [0.25, 0.3) is 0 Å². The normalized spacial score (nSPS) is 10.5. The second-order valence-electron chi connectivity index (χ2n) is 5.29. The van der Waals surface area contributed by atoms with Crippen molar-refractivity contribution >= 4 is 35.3 Å². The predicted molar refractivity (Wildman–Crippen MR) is 101 cm³/mol. The van der Waals surface area contributed by atoms with Crippen molar-refractivity contribution in [2.75, 3.05) is 13.7 Å². The second-order valence-corrected chi connectivity index (χ2v) is 5.70. The molecule has 10 nitrogen and oxygen atoms in total. The van der Waals surface area contributed by atoms with Gasteiger partial charge in [-0.15, -0.1) is 0 Å². The highest BCUT2D eigenvalue weighted by atomic mass is 35.5. The zero-order chi connectivity index (χ0) is 20.7. The number of benzene rings is 2. The molecule has 2 rings (SSSR count). The number of ether oxygens (including phenoxy) is 2. The number of amides is 2. The Morgan fingerprint density at radius 3 is 2.57 bits per heavy atom. The number of hydrogen-bond donors (Lipinski definition) is 2. The van der Waals surface area contributed by atoms with Crippen LogP contribution < -0.4 is 20.6 Å². The molecule has 0 bridgehead atoms. The molecule has 0 aromatic heterocycles. The van der Waals surface area contributed by atoms with Crippen LogP contribution in [0, 0.1) is 10.1 Å². The van der Waals surface area contributed by atoms with Gasteiger partial charge in [-0.2, -0.15) is 5.10 Å². The summed E-state index contributed by atoms with van der Waals surface area (Å²) in [5, 5.41) is 14.6. The number of carbonyl (C=O) groups excluding carboxylic acids is 2. The number of methoxy groups -OCH3 is 1. The third-order valence-corrected chi connectivity index (χ3v) is 3.61. The van der Waals surface area contributed by atoms with E-state index in [1.54, 1.807) is 0 Å². The van der Waals surface area contributed by atoms with Gasteiger partial charge in [-0.05, 0) is 29.8 Å². The van der Waals surface area contributed by atoms with E-state index >= 15 is 0 Å². The number of nitrogens with two attached hydrogens (primary N) is 1. The van der Waals surface area contributed by atoms with Crippen molar-refractivity contribution < 1.29 is 24.0 Å². The van der Waals surface area contributed by atoms with Crippen LogP contribution in [0.2, 0.25) is 5.02 Å². The molecule has 0 aliphatic heterocycles. The van der Waals surface area contributed by atoms with Crippen LogP contribution in [-0.2, 0) is 4.79 Å². The molecule has 2 aromatic carbocycles. The van der Waals surface area contributed by atoms with Gasteiger partial charge in [0.05, 0.1) is 23.3 Å². The number of nitrogens with zero attached hydrogens (tertiary/aromatic N) is 2. The van der Waals surface area contributed by atoms with Gasteiger partial charge in [0.1, 0.15) is 0 Å². The molecule has 0 radical (unpaired) electrons. The van der Waals surface area contributed by atoms with Gasteiger partial charge in [-0.1, -0.05) is 11.6 Å². The minimum atomic E-state index is -0.669. The average molecular weight is 407 g/mol. The highest BCUT2D eigenvalue weighted by Gasteiger charge is 2.13. The molecule has 0 saturated carbocycles. The first-order valence-electron chi connectivity index (χ1n) is 7.68. The summed E-state index contributed by atoms with van der Waals surface area (Å²) in [7, 11) is 1.39. The maximum absolute atomic E-state index is 12.0. The zero-order valence-corrected chi connectivity index (χ0v) is 15.3. The average Bonchev–Trinajstić information content (AvgIpc) is 2.66. The summed E-state index contributed by atoms with van der Waals surface area (Å²) in [6.45, 7) is -0.366. The van der Waals surface area contributed by atoms with Crippen molar-refractivity contribution in [2.24, 2.45) is 10.8 Å². The Labute approximate surface area is 164 Å². The Kier molecular flexibility index (Phi) is 6.88. The summed E-state index contributed by atoms with van der Waals surface area (Å²) in [5.41, 5.74) is 7.89. The molecule has 2 aromatic rings. The smallest absolute Gasteiger partial charge is 0.271 e. The molecule has 0 atom stereocenters. The largest absolute Gasteiger partial charge is 0.493 e. The summed E-state index contributed by atoms with van der Waals surface area (Å²) >= 11 is 6.11. The second kappa shape index (κ2) is 9.33. The maximum atomic E-state index is 12.0. The molecule has 28 heavy (non-hydrogen) atoms. The minimum Gasteiger partial charge on any atom is -0.493 e. The van der Waals surface area contributed by atoms with E-state index < -0.39 is 16.7 Å². The van der Waals surface area contributed by atoms with Gasteiger partial charge >= 0.3 is 0 Å². The first-order chi connectivity index (χ1) is 13.3. The van der Waals surface area contributed by atoms with Crippen molar-refractivity contribution in [3.05, 3.63) is 62.7 Å². The molecule has 0 heterocycles. The van der Waals surface area contributed by atoms with E-state index in [9.17, 15) is 19.7 Å². The molecule has 3 N–H and O–H groups in total. The summed E-state index contributed by atoms with van der Waals surface area (Å²) in [6.07, 6.45) is 1.32. The Bertz CT molecular complexity index is 930. The van der Waals surface area contributed by atoms with E-state index in [0.29, 0.717) is 5.56 Å². The number of hydrogen-bond acceptors (Lipinski definition) is 7. The summed E-state index contributed by atoms with van der Waals surface area (Å²) < 4.78 is 10.4. The molecule has 0 unspecified atom stereocenters. The lowest BCUT2D eigenvalue weighted by molar-refractivity contribution is -0.384. The SMILES string of the molecule is COc1cc(/C=N/NC(=O)c2ccc([N+](=O)[O-])cc2)cc(Cl)c1OCC(N)=O. The van der Waals surface area contributed by atoms with Gasteiger partial charge < -0.3 is 15.2 Å². The van der Waals surface area contributed by atoms with Crippen LogP contribution in [0.15, 0.2) is 41.5 Å². The Hall–Kier alpha value is -3.66. The first kappa shape index (κ1) is 20.6. The number of halogens is 1. The quantitative estimate of drug-likeness (QED) is 0.388. The fraction of sp³-hybridized carbons (Fsp3) is 0.118. The monoisotopic (exact) mass is 406 g/mol. The van der Waals surface area contributed by atoms with E-state index in [1.807, 2.05) is 0 Å². The minimum absolute atomic E-state index is 0.125. The van der Waals surface area contributed by atoms with Crippen molar-refractivity contribution in [1.29, 1.82) is 0 Å². The number of nitrogens with one attached hydrogen (secondary N) is 1. The summed E-state index contributed by atoms with van der Waals surface area (Å²) in [5.74, 6) is -0.824. The molecular weight excluding hydrogens is 392 g/mol. The molecule has 0 spiro atoms. The molecule has 11 heteroatoms. The lowest BCUT2D eigenvalue weighted by atomic mass is 10.2. The molecular formula is C17H15ClN4O6. The van der Waals surface area contributed by atoms with Crippen LogP contribution in [-0.4, -0.2) is 36.7 Å². The highest BCUT2D eigenvalue weighted by Crippen LogP contribution is 2.36. The van der Waals surface area contributed by atoms with Gasteiger partial charge in [-0.3, -0.25) is 19.7 Å². The van der Waals surface area contributed by atoms with Gasteiger partial charge in [0.2, 0.25) is 0 Å². The number of rotatable bonds is 8. The topological polar surface area (TPSA) is 146 Å². The van der Waals surface area contributed by atoms with Crippen molar-refractivity contribution in [3.63, 3.8) is 0 Å². The van der Waals surface area contributed by atoms with E-state index in [0.717, 1.165) is 0 Å². The van der Waals surface area contributed by atoms with Crippen molar-refractivity contribution in [2.45, 2.75) is 0 Å². The van der Waals surface area contributed by atoms with Crippen molar-refractivity contribution in [1.82, 2.24) is 5.43 Å². The zero-order valence-electron chi connectivity index (χ0n) is 14.5. The summed E-state index contributed by atoms with van der Waals surface area (Å²) in [6, 6.07) is 8.08. The third kappa shape index (κ3) is 5.42. The number of carbonyl (C=O) groups is 2. The van der Waals surface area contributed by atoms with Gasteiger partial charge in [0, 0.05) is 17.7 Å². The number of nitro groups is 1. The van der Waals surface area contributed by atoms with E-state index in [4.69, 9.17) is 26.8 Å². The Morgan fingerprint density at radius 1 is 1.32 bits per heavy atom. The molecule has 0 saturated heterocycles. The van der Waals surface area contributed by atoms with Crippen LogP contribution in [0.1, 0.15) is 15.9 Å². The van der Waals surface area contributed by atoms with Crippen LogP contribution >= 0.6 is 11.6 Å². The van der Waals surface area contributed by atoms with Crippen LogP contribution in [0.4, 0.5) is 5.69 Å². The van der Waals surface area contributed by atoms with E-state index in [2.05, 4.69) is 10.5 Å². The van der Waals surface area contributed by atoms with E-state index in [1.165, 1.54) is 49.7 Å². The highest BCUT2D eigenvalue weighted by molar-refractivity contribution is 6.32. The van der Waals surface area contributed by atoms with Crippen molar-refractivity contribution in [3.8, 4) is 11.5 Å². The lowest BCUT2D eigenvalue weighted by Gasteiger charge is -2.12. The number of hydrazone groups is 1. The standard InChI is InChI=1S/C17H15ClN4O6/c1-27-14-7-10(6-13(18)16(14)28-9-15(19)23)8-20-21-17(24)11-2-4-12(5-3-11)22(25)26/h2-8H,9H2,1H3,(H2,19,23)(H,21,24)/b20-8+. The molecule has 0 fully saturated rings. The van der Waals surface area contributed by atoms with Crippen LogP contribution in [0.5, 0.6) is 11.5 Å². The van der Waals surface area contributed by atoms with Gasteiger partial charge in [-0.25, -0.2) is 5.43 Å². The van der Waals surface area contributed by atoms with E-state index in [-0.39, 0.29) is 34.4 Å². The molecule has 0 aliphatic carbocycles. The number of nitro benzene ring substituents is 1. The number of non-ortho nitro benzene ring substituents is 1. The summed E-state index contributed by atoms with van der Waals surface area (Å²) in [4.78, 5) is 32.9. The van der Waals surface area contributed by atoms with Crippen LogP contribution in [0.3, 0.4) is 0 Å². The molecule has 2 amide bonds. The lowest BCUT2D eigenvalue weighted by Crippen LogP contribution is -2.20. The number of primary amides is 1. The third-order valence-electron chi connectivity index (χ3n) is 3.33. The Balaban J connectivity index is 2.08. The predicted octanol–water partition coefficient (Wildman–Crippen LogP) is 1.88. The molecule has 0 aliphatic rings. The first-order valence-corrected chi connectivity index (χ1v) is 8.06. The molecule has 146 valence electrons. The maximum Gasteiger partial charge on any atom is 0.271 e. The van der Waals surface area contributed by atoms with Gasteiger partial charge in [0.15, 0.2) is 18.1 Å². The fourth-order valence-corrected chi connectivity index (χ4v) is 2.34.